The molecule has 0 radical (unpaired) electrons. The molecule has 1 unspecified atom stereocenters. The van der Waals surface area contributed by atoms with Crippen LogP contribution in [0, 0.1) is 0 Å². The summed E-state index contributed by atoms with van der Waals surface area (Å²) in [5, 5.41) is 0.561. The van der Waals surface area contributed by atoms with E-state index < -0.39 is 13.2 Å². The fourth-order valence-corrected chi connectivity index (χ4v) is 5.14. The average Bonchev–Trinajstić information content (AvgIpc) is 3.53. The van der Waals surface area contributed by atoms with Crippen LogP contribution in [0.3, 0.4) is 0 Å². The first kappa shape index (κ1) is 27.6. The van der Waals surface area contributed by atoms with Crippen LogP contribution in [0.25, 0.3) is 16.9 Å². The van der Waals surface area contributed by atoms with Crippen molar-refractivity contribution in [3.63, 3.8) is 0 Å². The second-order valence-corrected chi connectivity index (χ2v) is 11.0. The van der Waals surface area contributed by atoms with Gasteiger partial charge in [0, 0.05) is 17.1 Å². The molecule has 4 aromatic rings. The molecule has 0 saturated heterocycles. The number of aromatic nitrogens is 4. The molecule has 2 aromatic carbocycles. The Morgan fingerprint density at radius 3 is 2.60 bits per heavy atom. The van der Waals surface area contributed by atoms with Gasteiger partial charge in [-0.15, -0.1) is 0 Å². The highest BCUT2D eigenvalue weighted by molar-refractivity contribution is 7.53. The van der Waals surface area contributed by atoms with E-state index in [1.54, 1.807) is 28.8 Å². The summed E-state index contributed by atoms with van der Waals surface area (Å²) >= 11 is 6.00. The van der Waals surface area contributed by atoms with Crippen molar-refractivity contribution >= 4 is 42.1 Å². The third-order valence-corrected chi connectivity index (χ3v) is 7.49. The van der Waals surface area contributed by atoms with Gasteiger partial charge in [0.15, 0.2) is 22.7 Å². The van der Waals surface area contributed by atoms with Crippen molar-refractivity contribution in [3.05, 3.63) is 106 Å². The minimum Gasteiger partial charge on any atom is -0.424 e. The van der Waals surface area contributed by atoms with Crippen molar-refractivity contribution in [1.29, 1.82) is 0 Å². The third kappa shape index (κ3) is 6.61. The van der Waals surface area contributed by atoms with E-state index >= 15 is 0 Å². The molecule has 1 atom stereocenters. The number of halogens is 1. The first-order valence-electron chi connectivity index (χ1n) is 12.0. The summed E-state index contributed by atoms with van der Waals surface area (Å²) in [5.74, 6) is 0.668. The Morgan fingerprint density at radius 2 is 1.82 bits per heavy atom. The van der Waals surface area contributed by atoms with Crippen LogP contribution in [-0.2, 0) is 41.0 Å². The molecule has 0 amide bonds. The summed E-state index contributed by atoms with van der Waals surface area (Å²) in [7, 11) is -3.81. The Kier molecular flexibility index (Phi) is 8.34. The van der Waals surface area contributed by atoms with Gasteiger partial charge in [-0.25, -0.2) is 4.98 Å². The number of rotatable bonds is 12. The average molecular weight is 586 g/mol. The lowest BCUT2D eigenvalue weighted by Gasteiger charge is -2.19. The summed E-state index contributed by atoms with van der Waals surface area (Å²) < 4.78 is 43.8. The number of hydrogen-bond donors (Lipinski definition) is 2. The molecule has 14 heteroatoms. The Morgan fingerprint density at radius 1 is 1.07 bits per heavy atom. The molecule has 40 heavy (non-hydrogen) atoms. The fraction of sp³-hybridized carbons (Fsp3) is 0.192. The molecular formula is C26H25ClN5O7P. The lowest BCUT2D eigenvalue weighted by Crippen LogP contribution is -2.13. The minimum atomic E-state index is -3.81. The molecule has 3 heterocycles. The van der Waals surface area contributed by atoms with E-state index in [1.165, 1.54) is 6.33 Å². The van der Waals surface area contributed by atoms with Gasteiger partial charge < -0.3 is 29.0 Å². The Balaban J connectivity index is 1.27. The van der Waals surface area contributed by atoms with E-state index in [0.29, 0.717) is 22.0 Å². The van der Waals surface area contributed by atoms with Gasteiger partial charge in [-0.05, 0) is 36.4 Å². The maximum atomic E-state index is 13.8. The number of imidazole rings is 1. The van der Waals surface area contributed by atoms with Gasteiger partial charge in [0.05, 0.1) is 19.5 Å². The number of benzene rings is 2. The van der Waals surface area contributed by atoms with Crippen molar-refractivity contribution < 1.29 is 27.8 Å². The largest absolute Gasteiger partial charge is 0.424 e. The van der Waals surface area contributed by atoms with Crippen molar-refractivity contribution in [1.82, 2.24) is 19.5 Å². The predicted octanol–water partition coefficient (Wildman–Crippen LogP) is 4.64. The first-order valence-corrected chi connectivity index (χ1v) is 14.1. The zero-order chi connectivity index (χ0) is 28.1. The standard InChI is InChI=1S/C26H25ClN5O7P/c1-17-38-21(23(39-17)19-7-9-20(27)10-8-19)14-37-40(34,36-13-18-5-3-2-4-6-18)16-35-12-11-32-15-29-22-24(32)30-26(28)31-25(22)33/h2-10,15H,1,11-14,16H2,(H3,28,30,31,33). The minimum absolute atomic E-state index is 0.0274. The highest BCUT2D eigenvalue weighted by atomic mass is 35.5. The fourth-order valence-electron chi connectivity index (χ4n) is 3.78. The van der Waals surface area contributed by atoms with E-state index in [1.807, 2.05) is 30.3 Å². The Hall–Kier alpha value is -3.93. The molecule has 1 aliphatic heterocycles. The van der Waals surface area contributed by atoms with Gasteiger partial charge >= 0.3 is 7.60 Å². The van der Waals surface area contributed by atoms with Crippen LogP contribution in [-0.4, -0.2) is 39.1 Å². The van der Waals surface area contributed by atoms with Gasteiger partial charge in [-0.1, -0.05) is 41.9 Å². The van der Waals surface area contributed by atoms with Crippen LogP contribution in [0.15, 0.2) is 84.0 Å². The lowest BCUT2D eigenvalue weighted by molar-refractivity contribution is 0.115. The maximum absolute atomic E-state index is 13.8. The molecule has 5 rings (SSSR count). The van der Waals surface area contributed by atoms with Gasteiger partial charge in [-0.3, -0.25) is 18.9 Å². The quantitative estimate of drug-likeness (QED) is 0.177. The van der Waals surface area contributed by atoms with Crippen molar-refractivity contribution in [2.75, 3.05) is 25.3 Å². The highest BCUT2D eigenvalue weighted by Crippen LogP contribution is 2.50. The van der Waals surface area contributed by atoms with Crippen LogP contribution >= 0.6 is 19.2 Å². The molecule has 0 bridgehead atoms. The summed E-state index contributed by atoms with van der Waals surface area (Å²) in [4.78, 5) is 22.6. The van der Waals surface area contributed by atoms with E-state index in [0.717, 1.165) is 5.56 Å². The Bertz CT molecular complexity index is 1650. The van der Waals surface area contributed by atoms with Gasteiger partial charge in [0.2, 0.25) is 5.95 Å². The molecule has 1 aliphatic rings. The smallest absolute Gasteiger partial charge is 0.356 e. The topological polar surface area (TPSA) is 153 Å². The molecule has 0 fully saturated rings. The predicted molar refractivity (Wildman–Crippen MR) is 148 cm³/mol. The van der Waals surface area contributed by atoms with Crippen LogP contribution in [0.1, 0.15) is 11.1 Å². The van der Waals surface area contributed by atoms with Gasteiger partial charge in [0.1, 0.15) is 13.0 Å². The number of fused-ring (bicyclic) bond motifs is 1. The zero-order valence-corrected chi connectivity index (χ0v) is 22.8. The van der Waals surface area contributed by atoms with Crippen LogP contribution in [0.5, 0.6) is 0 Å². The number of anilines is 1. The normalized spacial score (nSPS) is 14.8. The van der Waals surface area contributed by atoms with E-state index in [2.05, 4.69) is 21.5 Å². The lowest BCUT2D eigenvalue weighted by atomic mass is 10.2. The highest BCUT2D eigenvalue weighted by Gasteiger charge is 2.30. The first-order chi connectivity index (χ1) is 19.3. The number of hydrogen-bond acceptors (Lipinski definition) is 10. The van der Waals surface area contributed by atoms with E-state index in [-0.39, 0.29) is 55.9 Å². The number of H-pyrrole nitrogens is 1. The molecule has 0 spiro atoms. The van der Waals surface area contributed by atoms with Crippen LogP contribution < -0.4 is 11.3 Å². The molecule has 2 aromatic heterocycles. The van der Waals surface area contributed by atoms with E-state index in [9.17, 15) is 9.36 Å². The molecule has 0 aliphatic carbocycles. The number of nitrogens with one attached hydrogen (secondary N) is 1. The van der Waals surface area contributed by atoms with Gasteiger partial charge in [0.25, 0.3) is 11.5 Å². The third-order valence-electron chi connectivity index (χ3n) is 5.69. The summed E-state index contributed by atoms with van der Waals surface area (Å²) in [6.07, 6.45) is 1.10. The maximum Gasteiger partial charge on any atom is 0.356 e. The molecule has 208 valence electrons. The summed E-state index contributed by atoms with van der Waals surface area (Å²) in [5.41, 5.74) is 7.16. The van der Waals surface area contributed by atoms with Crippen molar-refractivity contribution in [2.24, 2.45) is 0 Å². The summed E-state index contributed by atoms with van der Waals surface area (Å²) in [6.45, 7) is 3.86. The molecule has 3 N–H and O–H groups in total. The van der Waals surface area contributed by atoms with Gasteiger partial charge in [-0.2, -0.15) is 4.98 Å². The second-order valence-electron chi connectivity index (χ2n) is 8.58. The van der Waals surface area contributed by atoms with E-state index in [4.69, 9.17) is 40.6 Å². The number of aromatic amines is 1. The van der Waals surface area contributed by atoms with Crippen molar-refractivity contribution in [2.45, 2.75) is 13.2 Å². The van der Waals surface area contributed by atoms with Crippen molar-refractivity contribution in [3.8, 4) is 0 Å². The molecular weight excluding hydrogens is 561 g/mol. The molecule has 12 nitrogen and oxygen atoms in total. The number of nitrogen functional groups attached to an aromatic ring is 1. The summed E-state index contributed by atoms with van der Waals surface area (Å²) in [6, 6.07) is 16.2. The van der Waals surface area contributed by atoms with Crippen LogP contribution in [0.4, 0.5) is 5.95 Å². The zero-order valence-electron chi connectivity index (χ0n) is 21.1. The SMILES string of the molecule is C=C1OC(COP(=O)(COCCn2cnc3c(=O)[nH]c(N)nc32)OCc2ccccc2)=C(c2ccc(Cl)cc2)O1. The number of ether oxygens (including phenoxy) is 3. The monoisotopic (exact) mass is 585 g/mol. The molecule has 0 saturated carbocycles. The Labute approximate surface area is 233 Å². The number of nitrogens with zero attached hydrogens (tertiary/aromatic N) is 3. The number of nitrogens with two attached hydrogens (primary N) is 1. The van der Waals surface area contributed by atoms with Crippen LogP contribution in [0.2, 0.25) is 5.02 Å². The second kappa shape index (κ2) is 12.1.